The quantitative estimate of drug-likeness (QED) is 0.373. The summed E-state index contributed by atoms with van der Waals surface area (Å²) in [6.07, 6.45) is 3.48. The van der Waals surface area contributed by atoms with E-state index in [-0.39, 0.29) is 10.6 Å². The van der Waals surface area contributed by atoms with Gasteiger partial charge < -0.3 is 10.2 Å². The molecule has 1 aromatic carbocycles. The highest BCUT2D eigenvalue weighted by Gasteiger charge is 2.28. The molecule has 13 heteroatoms. The number of pyridine rings is 1. The number of nitrogens with zero attached hydrogens (tertiary/aromatic N) is 4. The van der Waals surface area contributed by atoms with Crippen molar-refractivity contribution in [3.05, 3.63) is 64.5 Å². The molecule has 0 radical (unpaired) electrons. The molecule has 1 aliphatic rings. The number of benzene rings is 1. The average molecular weight is 452 g/mol. The van der Waals surface area contributed by atoms with Crippen LogP contribution in [0.4, 0.5) is 5.69 Å². The maximum absolute atomic E-state index is 12.7. The highest BCUT2D eigenvalue weighted by atomic mass is 32.2. The lowest BCUT2D eigenvalue weighted by Gasteiger charge is -2.33. The van der Waals surface area contributed by atoms with Gasteiger partial charge in [0.2, 0.25) is 10.0 Å². The lowest BCUT2D eigenvalue weighted by molar-refractivity contribution is -0.384. The first-order chi connectivity index (χ1) is 14.6. The molecule has 0 aliphatic carbocycles. The molecule has 12 nitrogen and oxygen atoms in total. The number of hydrogen-bond donors (Lipinski definition) is 2. The number of piperazine rings is 1. The Morgan fingerprint density at radius 2 is 1.48 bits per heavy atom. The summed E-state index contributed by atoms with van der Waals surface area (Å²) in [5.41, 5.74) is 1.02. The standard InChI is InChI=1S/C16H18N4O4S.C2H2O4/c21-20(22)15-1-3-16(4-2-15)25(23,24)19-11-9-18(10-12-19)13-14-5-7-17-8-6-14;3-1(4)2(5)6/h1-8H,9-13H2;(H,3,4)(H,5,6). The molecule has 0 spiro atoms. The number of nitro groups is 1. The smallest absolute Gasteiger partial charge is 0.414 e. The summed E-state index contributed by atoms with van der Waals surface area (Å²) in [4.78, 5) is 34.6. The van der Waals surface area contributed by atoms with Gasteiger partial charge in [0.15, 0.2) is 0 Å². The van der Waals surface area contributed by atoms with Crippen LogP contribution < -0.4 is 0 Å². The van der Waals surface area contributed by atoms with Crippen LogP contribution in [0.2, 0.25) is 0 Å². The summed E-state index contributed by atoms with van der Waals surface area (Å²) < 4.78 is 26.8. The van der Waals surface area contributed by atoms with E-state index in [1.807, 2.05) is 12.1 Å². The molecule has 2 N–H and O–H groups in total. The third kappa shape index (κ3) is 6.80. The number of carbonyl (C=O) groups is 2. The second-order valence-electron chi connectivity index (χ2n) is 6.40. The Labute approximate surface area is 177 Å². The number of carboxylic acids is 2. The van der Waals surface area contributed by atoms with E-state index in [1.54, 1.807) is 12.4 Å². The molecule has 0 amide bonds. The van der Waals surface area contributed by atoms with Gasteiger partial charge in [0, 0.05) is 57.3 Å². The molecule has 1 fully saturated rings. The molecule has 166 valence electrons. The normalized spacial score (nSPS) is 14.8. The summed E-state index contributed by atoms with van der Waals surface area (Å²) in [7, 11) is -3.63. The van der Waals surface area contributed by atoms with Gasteiger partial charge in [0.05, 0.1) is 9.82 Å². The number of carboxylic acid groups (broad SMARTS) is 2. The van der Waals surface area contributed by atoms with Crippen LogP contribution in [0, 0.1) is 10.1 Å². The second-order valence-corrected chi connectivity index (χ2v) is 8.33. The van der Waals surface area contributed by atoms with Gasteiger partial charge in [0.25, 0.3) is 5.69 Å². The van der Waals surface area contributed by atoms with Crippen molar-refractivity contribution in [2.75, 3.05) is 26.2 Å². The molecule has 0 saturated carbocycles. The van der Waals surface area contributed by atoms with Crippen molar-refractivity contribution in [1.29, 1.82) is 0 Å². The van der Waals surface area contributed by atoms with E-state index in [0.717, 1.165) is 12.1 Å². The van der Waals surface area contributed by atoms with Gasteiger partial charge in [-0.05, 0) is 29.8 Å². The molecule has 31 heavy (non-hydrogen) atoms. The van der Waals surface area contributed by atoms with Crippen molar-refractivity contribution in [3.63, 3.8) is 0 Å². The second kappa shape index (κ2) is 10.6. The van der Waals surface area contributed by atoms with Gasteiger partial charge in [-0.1, -0.05) is 0 Å². The predicted molar refractivity (Wildman–Crippen MR) is 107 cm³/mol. The number of sulfonamides is 1. The number of aromatic nitrogens is 1. The SMILES string of the molecule is O=C(O)C(=O)O.O=[N+]([O-])c1ccc(S(=O)(=O)N2CCN(Cc3ccncc3)CC2)cc1. The van der Waals surface area contributed by atoms with Crippen molar-refractivity contribution in [2.45, 2.75) is 11.4 Å². The van der Waals surface area contributed by atoms with Crippen molar-refractivity contribution in [2.24, 2.45) is 0 Å². The predicted octanol–water partition coefficient (Wildman–Crippen LogP) is 0.652. The highest BCUT2D eigenvalue weighted by Crippen LogP contribution is 2.21. The first-order valence-corrected chi connectivity index (χ1v) is 10.4. The van der Waals surface area contributed by atoms with Gasteiger partial charge in [-0.15, -0.1) is 0 Å². The molecule has 3 rings (SSSR count). The minimum absolute atomic E-state index is 0.0840. The summed E-state index contributed by atoms with van der Waals surface area (Å²) in [5, 5.41) is 25.5. The Kier molecular flexibility index (Phi) is 8.13. The fourth-order valence-electron chi connectivity index (χ4n) is 2.76. The topological polar surface area (TPSA) is 171 Å². The summed E-state index contributed by atoms with van der Waals surface area (Å²) in [6, 6.07) is 8.90. The zero-order valence-electron chi connectivity index (χ0n) is 16.2. The van der Waals surface area contributed by atoms with E-state index >= 15 is 0 Å². The van der Waals surface area contributed by atoms with E-state index in [0.29, 0.717) is 26.2 Å². The van der Waals surface area contributed by atoms with Crippen LogP contribution in [-0.2, 0) is 26.2 Å². The Bertz CT molecular complexity index is 1010. The Hall–Kier alpha value is -3.42. The molecule has 1 aliphatic heterocycles. The molecule has 0 bridgehead atoms. The molecule has 0 unspecified atom stereocenters. The maximum atomic E-state index is 12.7. The minimum Gasteiger partial charge on any atom is -0.473 e. The van der Waals surface area contributed by atoms with Crippen molar-refractivity contribution >= 4 is 27.6 Å². The van der Waals surface area contributed by atoms with E-state index < -0.39 is 26.9 Å². The summed E-state index contributed by atoms with van der Waals surface area (Å²) >= 11 is 0. The maximum Gasteiger partial charge on any atom is 0.414 e. The van der Waals surface area contributed by atoms with Gasteiger partial charge in [0.1, 0.15) is 0 Å². The van der Waals surface area contributed by atoms with Crippen LogP contribution in [-0.4, -0.2) is 75.9 Å². The summed E-state index contributed by atoms with van der Waals surface area (Å²) in [6.45, 7) is 2.81. The van der Waals surface area contributed by atoms with Crippen molar-refractivity contribution in [3.8, 4) is 0 Å². The van der Waals surface area contributed by atoms with Crippen LogP contribution >= 0.6 is 0 Å². The van der Waals surface area contributed by atoms with Crippen molar-refractivity contribution < 1.29 is 33.1 Å². The fourth-order valence-corrected chi connectivity index (χ4v) is 4.19. The van der Waals surface area contributed by atoms with E-state index in [1.165, 1.54) is 28.6 Å². The Morgan fingerprint density at radius 1 is 0.968 bits per heavy atom. The molecular weight excluding hydrogens is 432 g/mol. The fraction of sp³-hybridized carbons (Fsp3) is 0.278. The average Bonchev–Trinajstić information content (AvgIpc) is 2.75. The molecular formula is C18H20N4O8S. The number of aliphatic carboxylic acids is 2. The number of hydrogen-bond acceptors (Lipinski definition) is 8. The Morgan fingerprint density at radius 3 is 1.94 bits per heavy atom. The highest BCUT2D eigenvalue weighted by molar-refractivity contribution is 7.89. The number of rotatable bonds is 5. The molecule has 1 aromatic heterocycles. The molecule has 1 saturated heterocycles. The monoisotopic (exact) mass is 452 g/mol. The molecule has 0 atom stereocenters. The van der Waals surface area contributed by atoms with E-state index in [2.05, 4.69) is 9.88 Å². The summed E-state index contributed by atoms with van der Waals surface area (Å²) in [5.74, 6) is -3.65. The van der Waals surface area contributed by atoms with Crippen LogP contribution in [0.1, 0.15) is 5.56 Å². The lowest BCUT2D eigenvalue weighted by Crippen LogP contribution is -2.48. The van der Waals surface area contributed by atoms with E-state index in [4.69, 9.17) is 19.8 Å². The van der Waals surface area contributed by atoms with E-state index in [9.17, 15) is 18.5 Å². The zero-order valence-corrected chi connectivity index (χ0v) is 17.0. The number of non-ortho nitro benzene ring substituents is 1. The first kappa shape index (κ1) is 23.9. The van der Waals surface area contributed by atoms with Gasteiger partial charge >= 0.3 is 11.9 Å². The van der Waals surface area contributed by atoms with Gasteiger partial charge in [-0.2, -0.15) is 4.31 Å². The van der Waals surface area contributed by atoms with Crippen LogP contribution in [0.5, 0.6) is 0 Å². The Balaban J connectivity index is 0.000000501. The lowest BCUT2D eigenvalue weighted by atomic mass is 10.2. The minimum atomic E-state index is -3.63. The van der Waals surface area contributed by atoms with Gasteiger partial charge in [-0.25, -0.2) is 18.0 Å². The van der Waals surface area contributed by atoms with Crippen LogP contribution in [0.3, 0.4) is 0 Å². The van der Waals surface area contributed by atoms with Crippen molar-refractivity contribution in [1.82, 2.24) is 14.2 Å². The largest absolute Gasteiger partial charge is 0.473 e. The van der Waals surface area contributed by atoms with Crippen LogP contribution in [0.15, 0.2) is 53.7 Å². The first-order valence-electron chi connectivity index (χ1n) is 8.93. The molecule has 2 aromatic rings. The third-order valence-corrected chi connectivity index (χ3v) is 6.27. The van der Waals surface area contributed by atoms with Gasteiger partial charge in [-0.3, -0.25) is 20.0 Å². The molecule has 2 heterocycles. The zero-order chi connectivity index (χ0) is 23.0. The number of nitro benzene ring substituents is 1. The third-order valence-electron chi connectivity index (χ3n) is 4.36. The van der Waals surface area contributed by atoms with Crippen LogP contribution in [0.25, 0.3) is 0 Å².